The second-order valence-electron chi connectivity index (χ2n) is 5.83. The Labute approximate surface area is 122 Å². The Balaban J connectivity index is 2.97. The van der Waals surface area contributed by atoms with Crippen LogP contribution in [0.3, 0.4) is 0 Å². The van der Waals surface area contributed by atoms with Crippen molar-refractivity contribution in [2.45, 2.75) is 65.4 Å². The maximum absolute atomic E-state index is 12.9. The normalized spacial score (nSPS) is 19.6. The van der Waals surface area contributed by atoms with Crippen LogP contribution in [0, 0.1) is 11.8 Å². The third kappa shape index (κ3) is 3.81. The van der Waals surface area contributed by atoms with E-state index in [9.17, 15) is 9.59 Å². The highest BCUT2D eigenvalue weighted by Gasteiger charge is 2.47. The minimum atomic E-state index is -0.769. The van der Waals surface area contributed by atoms with Crippen molar-refractivity contribution in [2.75, 3.05) is 13.2 Å². The number of carbonyl (C=O) groups excluding carboxylic acids is 2. The van der Waals surface area contributed by atoms with E-state index in [1.807, 2.05) is 20.8 Å². The number of hydrogen-bond acceptors (Lipinski definition) is 4. The van der Waals surface area contributed by atoms with E-state index in [0.717, 1.165) is 32.1 Å². The van der Waals surface area contributed by atoms with Gasteiger partial charge in [0.15, 0.2) is 5.78 Å². The molecule has 0 bridgehead atoms. The van der Waals surface area contributed by atoms with E-state index in [4.69, 9.17) is 9.47 Å². The van der Waals surface area contributed by atoms with Gasteiger partial charge in [-0.1, -0.05) is 33.1 Å². The SMILES string of the molecule is CCOC(=O)C(C(=O)C1(OCC)CCCCC1)C(C)C. The molecule has 0 aromatic carbocycles. The van der Waals surface area contributed by atoms with E-state index in [0.29, 0.717) is 13.2 Å². The number of ketones is 1. The monoisotopic (exact) mass is 284 g/mol. The first-order valence-electron chi connectivity index (χ1n) is 7.83. The zero-order chi connectivity index (χ0) is 15.2. The van der Waals surface area contributed by atoms with Gasteiger partial charge in [0, 0.05) is 6.61 Å². The molecule has 4 heteroatoms. The molecule has 1 unspecified atom stereocenters. The highest BCUT2D eigenvalue weighted by atomic mass is 16.5. The van der Waals surface area contributed by atoms with Crippen LogP contribution in [0.4, 0.5) is 0 Å². The van der Waals surface area contributed by atoms with Crippen LogP contribution < -0.4 is 0 Å². The maximum Gasteiger partial charge on any atom is 0.316 e. The van der Waals surface area contributed by atoms with Crippen molar-refractivity contribution >= 4 is 11.8 Å². The Morgan fingerprint density at radius 1 is 1.05 bits per heavy atom. The predicted octanol–water partition coefficient (Wildman–Crippen LogP) is 3.13. The molecule has 116 valence electrons. The van der Waals surface area contributed by atoms with E-state index >= 15 is 0 Å². The van der Waals surface area contributed by atoms with Gasteiger partial charge in [-0.25, -0.2) is 0 Å². The molecule has 1 saturated carbocycles. The Morgan fingerprint density at radius 2 is 1.65 bits per heavy atom. The first kappa shape index (κ1) is 17.2. The van der Waals surface area contributed by atoms with Gasteiger partial charge in [0.1, 0.15) is 11.5 Å². The smallest absolute Gasteiger partial charge is 0.316 e. The molecule has 1 fully saturated rings. The third-order valence-corrected chi connectivity index (χ3v) is 4.02. The molecule has 0 heterocycles. The lowest BCUT2D eigenvalue weighted by molar-refractivity contribution is -0.166. The molecule has 4 nitrogen and oxygen atoms in total. The summed E-state index contributed by atoms with van der Waals surface area (Å²) < 4.78 is 10.9. The van der Waals surface area contributed by atoms with Crippen molar-refractivity contribution in [3.05, 3.63) is 0 Å². The topological polar surface area (TPSA) is 52.6 Å². The summed E-state index contributed by atoms with van der Waals surface area (Å²) in [5, 5.41) is 0. The molecule has 20 heavy (non-hydrogen) atoms. The molecule has 1 aliphatic rings. The number of esters is 1. The van der Waals surface area contributed by atoms with Crippen molar-refractivity contribution in [1.29, 1.82) is 0 Å². The molecule has 1 atom stereocenters. The molecule has 0 saturated heterocycles. The summed E-state index contributed by atoms with van der Waals surface area (Å²) in [6.45, 7) is 8.25. The van der Waals surface area contributed by atoms with Crippen LogP contribution >= 0.6 is 0 Å². The Morgan fingerprint density at radius 3 is 2.10 bits per heavy atom. The summed E-state index contributed by atoms with van der Waals surface area (Å²) in [4.78, 5) is 25.1. The summed E-state index contributed by atoms with van der Waals surface area (Å²) in [7, 11) is 0. The summed E-state index contributed by atoms with van der Waals surface area (Å²) in [5.74, 6) is -1.26. The van der Waals surface area contributed by atoms with Gasteiger partial charge >= 0.3 is 5.97 Å². The predicted molar refractivity (Wildman–Crippen MR) is 77.4 cm³/mol. The van der Waals surface area contributed by atoms with Crippen LogP contribution in [-0.2, 0) is 19.1 Å². The van der Waals surface area contributed by atoms with E-state index < -0.39 is 17.5 Å². The fourth-order valence-electron chi connectivity index (χ4n) is 3.06. The molecule has 1 aliphatic carbocycles. The minimum absolute atomic E-state index is 0.0687. The fraction of sp³-hybridized carbons (Fsp3) is 0.875. The Bertz CT molecular complexity index is 324. The number of rotatable bonds is 7. The van der Waals surface area contributed by atoms with Crippen LogP contribution in [0.2, 0.25) is 0 Å². The van der Waals surface area contributed by atoms with Crippen molar-refractivity contribution in [3.63, 3.8) is 0 Å². The molecule has 0 aromatic heterocycles. The third-order valence-electron chi connectivity index (χ3n) is 4.02. The molecular weight excluding hydrogens is 256 g/mol. The van der Waals surface area contributed by atoms with E-state index in [-0.39, 0.29) is 11.7 Å². The van der Waals surface area contributed by atoms with Gasteiger partial charge in [-0.05, 0) is 32.6 Å². The van der Waals surface area contributed by atoms with Gasteiger partial charge in [0.05, 0.1) is 6.61 Å². The molecule has 1 rings (SSSR count). The van der Waals surface area contributed by atoms with Gasteiger partial charge in [-0.2, -0.15) is 0 Å². The highest BCUT2D eigenvalue weighted by molar-refractivity contribution is 6.03. The van der Waals surface area contributed by atoms with Crippen molar-refractivity contribution in [1.82, 2.24) is 0 Å². The first-order valence-corrected chi connectivity index (χ1v) is 7.83. The highest BCUT2D eigenvalue weighted by Crippen LogP contribution is 2.36. The summed E-state index contributed by atoms with van der Waals surface area (Å²) in [5.41, 5.74) is -0.769. The minimum Gasteiger partial charge on any atom is -0.465 e. The zero-order valence-electron chi connectivity index (χ0n) is 13.2. The first-order chi connectivity index (χ1) is 9.48. The molecule has 0 aromatic rings. The molecular formula is C16H28O4. The fourth-order valence-corrected chi connectivity index (χ4v) is 3.06. The standard InChI is InChI=1S/C16H28O4/c1-5-19-15(18)13(12(3)4)14(17)16(20-6-2)10-8-7-9-11-16/h12-13H,5-11H2,1-4H3. The number of carbonyl (C=O) groups is 2. The molecule has 0 spiro atoms. The number of ether oxygens (including phenoxy) is 2. The summed E-state index contributed by atoms with van der Waals surface area (Å²) in [6.07, 6.45) is 4.55. The van der Waals surface area contributed by atoms with Gasteiger partial charge in [-0.3, -0.25) is 9.59 Å². The van der Waals surface area contributed by atoms with E-state index in [1.165, 1.54) is 0 Å². The van der Waals surface area contributed by atoms with Crippen LogP contribution in [0.1, 0.15) is 59.8 Å². The van der Waals surface area contributed by atoms with Crippen LogP contribution in [0.15, 0.2) is 0 Å². The van der Waals surface area contributed by atoms with E-state index in [2.05, 4.69) is 0 Å². The molecule has 0 amide bonds. The van der Waals surface area contributed by atoms with Gasteiger partial charge in [0.2, 0.25) is 0 Å². The molecule has 0 aliphatic heterocycles. The zero-order valence-corrected chi connectivity index (χ0v) is 13.2. The largest absolute Gasteiger partial charge is 0.465 e. The average Bonchev–Trinajstić information content (AvgIpc) is 2.40. The van der Waals surface area contributed by atoms with Crippen LogP contribution in [0.25, 0.3) is 0 Å². The van der Waals surface area contributed by atoms with Gasteiger partial charge in [-0.15, -0.1) is 0 Å². The number of hydrogen-bond donors (Lipinski definition) is 0. The van der Waals surface area contributed by atoms with Crippen molar-refractivity contribution < 1.29 is 19.1 Å². The maximum atomic E-state index is 12.9. The van der Waals surface area contributed by atoms with Gasteiger partial charge in [0.25, 0.3) is 0 Å². The van der Waals surface area contributed by atoms with E-state index in [1.54, 1.807) is 6.92 Å². The van der Waals surface area contributed by atoms with Crippen molar-refractivity contribution in [3.8, 4) is 0 Å². The Hall–Kier alpha value is -0.900. The molecule has 0 radical (unpaired) electrons. The lowest BCUT2D eigenvalue weighted by Gasteiger charge is -2.38. The second-order valence-corrected chi connectivity index (χ2v) is 5.83. The summed E-state index contributed by atoms with van der Waals surface area (Å²) in [6, 6.07) is 0. The lowest BCUT2D eigenvalue weighted by Crippen LogP contribution is -2.50. The van der Waals surface area contributed by atoms with Crippen molar-refractivity contribution in [2.24, 2.45) is 11.8 Å². The van der Waals surface area contributed by atoms with Crippen LogP contribution in [0.5, 0.6) is 0 Å². The number of Topliss-reactive ketones (excluding diaryl/α,β-unsaturated/α-hetero) is 1. The van der Waals surface area contributed by atoms with Gasteiger partial charge < -0.3 is 9.47 Å². The lowest BCUT2D eigenvalue weighted by atomic mass is 9.74. The molecule has 0 N–H and O–H groups in total. The Kier molecular flexibility index (Phi) is 6.66. The second kappa shape index (κ2) is 7.77. The summed E-state index contributed by atoms with van der Waals surface area (Å²) >= 11 is 0. The average molecular weight is 284 g/mol. The van der Waals surface area contributed by atoms with Crippen LogP contribution in [-0.4, -0.2) is 30.6 Å². The quantitative estimate of drug-likeness (QED) is 0.532.